The predicted molar refractivity (Wildman–Crippen MR) is 88.0 cm³/mol. The van der Waals surface area contributed by atoms with Crippen LogP contribution < -0.4 is 5.32 Å². The standard InChI is InChI=1S/C18H23N3O2/c1-12-13-4-2-3-5-14(13)21-17(20-12)11-19-15-10-16(22)18(15)6-8-23-9-7-18/h2-5,15-16,19,22H,6-11H2,1H3/t15-,16-/m1/s1. The number of benzene rings is 1. The molecule has 1 saturated heterocycles. The van der Waals surface area contributed by atoms with Crippen LogP contribution >= 0.6 is 0 Å². The molecule has 2 atom stereocenters. The molecule has 0 amide bonds. The van der Waals surface area contributed by atoms with Crippen molar-refractivity contribution in [1.82, 2.24) is 15.3 Å². The van der Waals surface area contributed by atoms with E-state index in [1.165, 1.54) is 0 Å². The Hall–Kier alpha value is -1.56. The van der Waals surface area contributed by atoms with Gasteiger partial charge in [0, 0.05) is 35.8 Å². The molecule has 23 heavy (non-hydrogen) atoms. The topological polar surface area (TPSA) is 67.3 Å². The van der Waals surface area contributed by atoms with E-state index in [1.807, 2.05) is 25.1 Å². The molecule has 2 fully saturated rings. The Bertz CT molecular complexity index is 712. The zero-order valence-electron chi connectivity index (χ0n) is 13.5. The van der Waals surface area contributed by atoms with Crippen molar-refractivity contribution in [2.75, 3.05) is 13.2 Å². The molecule has 0 radical (unpaired) electrons. The Balaban J connectivity index is 1.49. The molecule has 122 valence electrons. The van der Waals surface area contributed by atoms with Crippen LogP contribution in [0.1, 0.15) is 30.8 Å². The summed E-state index contributed by atoms with van der Waals surface area (Å²) >= 11 is 0. The van der Waals surface area contributed by atoms with Gasteiger partial charge in [0.15, 0.2) is 0 Å². The maximum Gasteiger partial charge on any atom is 0.143 e. The average Bonchev–Trinajstić information content (AvgIpc) is 2.59. The summed E-state index contributed by atoms with van der Waals surface area (Å²) in [6.07, 6.45) is 2.47. The summed E-state index contributed by atoms with van der Waals surface area (Å²) in [6.45, 7) is 4.17. The minimum atomic E-state index is -0.205. The lowest BCUT2D eigenvalue weighted by Gasteiger charge is -2.55. The molecule has 1 saturated carbocycles. The van der Waals surface area contributed by atoms with Crippen LogP contribution in [0.2, 0.25) is 0 Å². The number of rotatable bonds is 3. The molecular weight excluding hydrogens is 290 g/mol. The van der Waals surface area contributed by atoms with E-state index in [0.29, 0.717) is 12.6 Å². The van der Waals surface area contributed by atoms with Crippen molar-refractivity contribution in [3.05, 3.63) is 35.8 Å². The van der Waals surface area contributed by atoms with E-state index >= 15 is 0 Å². The highest BCUT2D eigenvalue weighted by Crippen LogP contribution is 2.48. The number of hydrogen-bond acceptors (Lipinski definition) is 5. The lowest BCUT2D eigenvalue weighted by Crippen LogP contribution is -2.64. The van der Waals surface area contributed by atoms with Crippen LogP contribution in [-0.2, 0) is 11.3 Å². The van der Waals surface area contributed by atoms with Crippen molar-refractivity contribution in [3.8, 4) is 0 Å². The van der Waals surface area contributed by atoms with E-state index < -0.39 is 0 Å². The number of nitrogens with one attached hydrogen (secondary N) is 1. The van der Waals surface area contributed by atoms with Crippen LogP contribution in [-0.4, -0.2) is 40.4 Å². The van der Waals surface area contributed by atoms with Gasteiger partial charge in [-0.05, 0) is 32.3 Å². The van der Waals surface area contributed by atoms with Gasteiger partial charge in [-0.25, -0.2) is 9.97 Å². The SMILES string of the molecule is Cc1nc(CN[C@@H]2C[C@@H](O)C23CCOCC3)nc2ccccc12. The van der Waals surface area contributed by atoms with Crippen LogP contribution in [0.15, 0.2) is 24.3 Å². The summed E-state index contributed by atoms with van der Waals surface area (Å²) in [5.41, 5.74) is 2.00. The largest absolute Gasteiger partial charge is 0.392 e. The second-order valence-electron chi connectivity index (χ2n) is 6.77. The number of hydrogen-bond donors (Lipinski definition) is 2. The van der Waals surface area contributed by atoms with Crippen LogP contribution in [0.3, 0.4) is 0 Å². The summed E-state index contributed by atoms with van der Waals surface area (Å²) in [5, 5.41) is 14.9. The molecule has 5 nitrogen and oxygen atoms in total. The quantitative estimate of drug-likeness (QED) is 0.907. The fraction of sp³-hybridized carbons (Fsp3) is 0.556. The van der Waals surface area contributed by atoms with Crippen LogP contribution in [0.25, 0.3) is 10.9 Å². The van der Waals surface area contributed by atoms with E-state index in [9.17, 15) is 5.11 Å². The monoisotopic (exact) mass is 313 g/mol. The normalized spacial score (nSPS) is 26.3. The lowest BCUT2D eigenvalue weighted by atomic mass is 9.58. The fourth-order valence-corrected chi connectivity index (χ4v) is 4.07. The van der Waals surface area contributed by atoms with Gasteiger partial charge in [0.2, 0.25) is 0 Å². The molecule has 0 bridgehead atoms. The van der Waals surface area contributed by atoms with Gasteiger partial charge in [-0.15, -0.1) is 0 Å². The Morgan fingerprint density at radius 3 is 2.83 bits per heavy atom. The Kier molecular flexibility index (Phi) is 3.79. The first-order chi connectivity index (χ1) is 11.2. The predicted octanol–water partition coefficient (Wildman–Crippen LogP) is 1.96. The van der Waals surface area contributed by atoms with Crippen LogP contribution in [0, 0.1) is 12.3 Å². The Morgan fingerprint density at radius 1 is 1.26 bits per heavy atom. The molecule has 4 rings (SSSR count). The van der Waals surface area contributed by atoms with Gasteiger partial charge in [0.05, 0.1) is 18.2 Å². The van der Waals surface area contributed by atoms with Crippen LogP contribution in [0.5, 0.6) is 0 Å². The van der Waals surface area contributed by atoms with Crippen molar-refractivity contribution in [3.63, 3.8) is 0 Å². The summed E-state index contributed by atoms with van der Waals surface area (Å²) in [4.78, 5) is 9.28. The Labute approximate surface area is 136 Å². The first-order valence-electron chi connectivity index (χ1n) is 8.40. The van der Waals surface area contributed by atoms with E-state index in [2.05, 4.69) is 21.4 Å². The molecule has 0 unspecified atom stereocenters. The zero-order valence-corrected chi connectivity index (χ0v) is 13.5. The highest BCUT2D eigenvalue weighted by Gasteiger charge is 2.54. The third kappa shape index (κ3) is 2.53. The molecule has 1 aliphatic heterocycles. The fourth-order valence-electron chi connectivity index (χ4n) is 4.07. The maximum atomic E-state index is 10.2. The molecule has 1 aliphatic carbocycles. The first-order valence-corrected chi connectivity index (χ1v) is 8.40. The van der Waals surface area contributed by atoms with Crippen molar-refractivity contribution in [2.45, 2.75) is 44.9 Å². The summed E-state index contributed by atoms with van der Waals surface area (Å²) in [5.74, 6) is 0.824. The minimum Gasteiger partial charge on any atom is -0.392 e. The smallest absolute Gasteiger partial charge is 0.143 e. The van der Waals surface area contributed by atoms with Gasteiger partial charge >= 0.3 is 0 Å². The van der Waals surface area contributed by atoms with Gasteiger partial charge in [-0.1, -0.05) is 18.2 Å². The average molecular weight is 313 g/mol. The first kappa shape index (κ1) is 15.0. The number of aryl methyl sites for hydroxylation is 1. The third-order valence-electron chi connectivity index (χ3n) is 5.59. The van der Waals surface area contributed by atoms with E-state index in [-0.39, 0.29) is 11.5 Å². The van der Waals surface area contributed by atoms with Crippen molar-refractivity contribution in [2.24, 2.45) is 5.41 Å². The molecule has 1 spiro atoms. The Morgan fingerprint density at radius 2 is 2.04 bits per heavy atom. The third-order valence-corrected chi connectivity index (χ3v) is 5.59. The molecule has 2 aromatic rings. The highest BCUT2D eigenvalue weighted by atomic mass is 16.5. The van der Waals surface area contributed by atoms with Crippen LogP contribution in [0.4, 0.5) is 0 Å². The van der Waals surface area contributed by atoms with E-state index in [4.69, 9.17) is 4.74 Å². The molecular formula is C18H23N3O2. The summed E-state index contributed by atoms with van der Waals surface area (Å²) in [7, 11) is 0. The highest BCUT2D eigenvalue weighted by molar-refractivity contribution is 5.80. The van der Waals surface area contributed by atoms with E-state index in [0.717, 1.165) is 54.9 Å². The second-order valence-corrected chi connectivity index (χ2v) is 6.77. The van der Waals surface area contributed by atoms with Crippen molar-refractivity contribution < 1.29 is 9.84 Å². The molecule has 1 aromatic carbocycles. The van der Waals surface area contributed by atoms with Gasteiger partial charge in [-0.3, -0.25) is 0 Å². The van der Waals surface area contributed by atoms with Gasteiger partial charge in [0.1, 0.15) is 5.82 Å². The number of ether oxygens (including phenoxy) is 1. The van der Waals surface area contributed by atoms with Gasteiger partial charge in [-0.2, -0.15) is 0 Å². The number of aliphatic hydroxyl groups excluding tert-OH is 1. The second kappa shape index (κ2) is 5.82. The number of aromatic nitrogens is 2. The number of aliphatic hydroxyl groups is 1. The van der Waals surface area contributed by atoms with E-state index in [1.54, 1.807) is 0 Å². The number of fused-ring (bicyclic) bond motifs is 1. The van der Waals surface area contributed by atoms with Gasteiger partial charge < -0.3 is 15.2 Å². The maximum absolute atomic E-state index is 10.2. The van der Waals surface area contributed by atoms with Crippen molar-refractivity contribution >= 4 is 10.9 Å². The molecule has 2 aliphatic rings. The molecule has 2 N–H and O–H groups in total. The lowest BCUT2D eigenvalue weighted by molar-refractivity contribution is -0.149. The molecule has 1 aromatic heterocycles. The minimum absolute atomic E-state index is 0.00978. The zero-order chi connectivity index (χ0) is 15.9. The molecule has 5 heteroatoms. The summed E-state index contributed by atoms with van der Waals surface area (Å²) in [6, 6.07) is 8.44. The van der Waals surface area contributed by atoms with Crippen molar-refractivity contribution in [1.29, 1.82) is 0 Å². The summed E-state index contributed by atoms with van der Waals surface area (Å²) < 4.78 is 5.46. The number of para-hydroxylation sites is 1. The molecule has 2 heterocycles. The number of nitrogens with zero attached hydrogens (tertiary/aromatic N) is 2. The van der Waals surface area contributed by atoms with Gasteiger partial charge in [0.25, 0.3) is 0 Å².